The average molecular weight is 231 g/mol. The van der Waals surface area contributed by atoms with Crippen LogP contribution in [0, 0.1) is 0 Å². The normalized spacial score (nSPS) is 9.56. The van der Waals surface area contributed by atoms with E-state index in [4.69, 9.17) is 5.11 Å². The number of carboxylic acid groups (broad SMARTS) is 1. The summed E-state index contributed by atoms with van der Waals surface area (Å²) in [6.07, 6.45) is 0.292. The Morgan fingerprint density at radius 3 is 2.25 bits per heavy atom. The smallest absolute Gasteiger partial charge is 0.322 e. The first-order valence-corrected chi connectivity index (χ1v) is 5.02. The molecule has 7 heteroatoms. The van der Waals surface area contributed by atoms with Crippen molar-refractivity contribution in [2.75, 3.05) is 26.2 Å². The van der Waals surface area contributed by atoms with E-state index in [0.717, 1.165) is 6.54 Å². The van der Waals surface area contributed by atoms with Gasteiger partial charge in [0, 0.05) is 13.0 Å². The van der Waals surface area contributed by atoms with E-state index in [1.807, 2.05) is 6.92 Å². The Hall–Kier alpha value is -1.63. The molecule has 0 bridgehead atoms. The summed E-state index contributed by atoms with van der Waals surface area (Å²) in [6, 6.07) is 0. The highest BCUT2D eigenvalue weighted by Gasteiger charge is 2.05. The predicted octanol–water partition coefficient (Wildman–Crippen LogP) is -1.70. The van der Waals surface area contributed by atoms with Crippen LogP contribution in [0.2, 0.25) is 0 Å². The summed E-state index contributed by atoms with van der Waals surface area (Å²) in [5, 5.41) is 15.8. The first-order chi connectivity index (χ1) is 7.56. The Kier molecular flexibility index (Phi) is 7.78. The summed E-state index contributed by atoms with van der Waals surface area (Å²) < 4.78 is 0. The van der Waals surface area contributed by atoms with Gasteiger partial charge in [0.2, 0.25) is 11.8 Å². The van der Waals surface area contributed by atoms with Crippen molar-refractivity contribution in [3.63, 3.8) is 0 Å². The molecule has 0 spiro atoms. The van der Waals surface area contributed by atoms with Crippen LogP contribution >= 0.6 is 0 Å². The summed E-state index contributed by atoms with van der Waals surface area (Å²) in [7, 11) is 0. The first-order valence-electron chi connectivity index (χ1n) is 5.02. The molecule has 0 rings (SSSR count). The van der Waals surface area contributed by atoms with Gasteiger partial charge in [-0.05, 0) is 6.54 Å². The molecule has 0 aliphatic carbocycles. The number of aliphatic carboxylic acids is 1. The predicted molar refractivity (Wildman–Crippen MR) is 56.8 cm³/mol. The van der Waals surface area contributed by atoms with Crippen LogP contribution in [0.25, 0.3) is 0 Å². The molecule has 0 aromatic heterocycles. The molecular formula is C9H17N3O4. The quantitative estimate of drug-likeness (QED) is 0.373. The molecule has 0 aromatic rings. The van der Waals surface area contributed by atoms with E-state index in [-0.39, 0.29) is 12.5 Å². The van der Waals surface area contributed by atoms with Crippen molar-refractivity contribution in [1.29, 1.82) is 0 Å². The Labute approximate surface area is 93.6 Å². The number of carbonyl (C=O) groups excluding carboxylic acids is 2. The summed E-state index contributed by atoms with van der Waals surface area (Å²) in [6.45, 7) is 2.63. The van der Waals surface area contributed by atoms with Crippen molar-refractivity contribution in [3.8, 4) is 0 Å². The van der Waals surface area contributed by atoms with E-state index in [1.165, 1.54) is 0 Å². The van der Waals surface area contributed by atoms with Crippen molar-refractivity contribution < 1.29 is 19.5 Å². The molecule has 0 saturated carbocycles. The molecular weight excluding hydrogens is 214 g/mol. The lowest BCUT2D eigenvalue weighted by molar-refractivity contribution is -0.137. The minimum atomic E-state index is -1.12. The molecule has 0 saturated heterocycles. The van der Waals surface area contributed by atoms with Gasteiger partial charge < -0.3 is 21.1 Å². The van der Waals surface area contributed by atoms with Crippen LogP contribution in [0.15, 0.2) is 0 Å². The van der Waals surface area contributed by atoms with E-state index >= 15 is 0 Å². The highest BCUT2D eigenvalue weighted by atomic mass is 16.4. The number of carboxylic acids is 1. The first kappa shape index (κ1) is 14.4. The standard InChI is InChI=1S/C9H17N3O4/c1-2-10-4-3-7(13)11-5-8(14)12-6-9(15)16/h10H,2-6H2,1H3,(H,11,13)(H,12,14)(H,15,16). The number of nitrogens with one attached hydrogen (secondary N) is 3. The minimum Gasteiger partial charge on any atom is -0.480 e. The fourth-order valence-corrected chi connectivity index (χ4v) is 0.883. The molecule has 4 N–H and O–H groups in total. The summed E-state index contributed by atoms with van der Waals surface area (Å²) in [4.78, 5) is 32.2. The van der Waals surface area contributed by atoms with Gasteiger partial charge in [-0.1, -0.05) is 6.92 Å². The van der Waals surface area contributed by atoms with Gasteiger partial charge in [0.05, 0.1) is 6.54 Å². The molecule has 0 unspecified atom stereocenters. The van der Waals surface area contributed by atoms with Gasteiger partial charge >= 0.3 is 5.97 Å². The molecule has 0 heterocycles. The highest BCUT2D eigenvalue weighted by Crippen LogP contribution is 1.76. The van der Waals surface area contributed by atoms with Crippen LogP contribution in [-0.2, 0) is 14.4 Å². The van der Waals surface area contributed by atoms with Crippen LogP contribution in [0.3, 0.4) is 0 Å². The fraction of sp³-hybridized carbons (Fsp3) is 0.667. The molecule has 0 aromatic carbocycles. The van der Waals surface area contributed by atoms with Crippen molar-refractivity contribution in [2.45, 2.75) is 13.3 Å². The molecule has 0 radical (unpaired) electrons. The van der Waals surface area contributed by atoms with Crippen molar-refractivity contribution in [3.05, 3.63) is 0 Å². The number of amides is 2. The fourth-order valence-electron chi connectivity index (χ4n) is 0.883. The molecule has 16 heavy (non-hydrogen) atoms. The van der Waals surface area contributed by atoms with Crippen molar-refractivity contribution in [2.24, 2.45) is 0 Å². The third kappa shape index (κ3) is 8.95. The van der Waals surface area contributed by atoms with E-state index < -0.39 is 18.4 Å². The van der Waals surface area contributed by atoms with E-state index in [1.54, 1.807) is 0 Å². The van der Waals surface area contributed by atoms with Gasteiger partial charge in [-0.2, -0.15) is 0 Å². The molecule has 0 fully saturated rings. The van der Waals surface area contributed by atoms with E-state index in [9.17, 15) is 14.4 Å². The molecule has 0 aliphatic rings. The zero-order valence-corrected chi connectivity index (χ0v) is 9.21. The van der Waals surface area contributed by atoms with Gasteiger partial charge in [0.1, 0.15) is 6.54 Å². The monoisotopic (exact) mass is 231 g/mol. The Balaban J connectivity index is 3.51. The molecule has 2 amide bonds. The van der Waals surface area contributed by atoms with Crippen molar-refractivity contribution in [1.82, 2.24) is 16.0 Å². The van der Waals surface area contributed by atoms with Crippen LogP contribution in [0.4, 0.5) is 0 Å². The van der Waals surface area contributed by atoms with Gasteiger partial charge in [0.15, 0.2) is 0 Å². The topological polar surface area (TPSA) is 108 Å². The van der Waals surface area contributed by atoms with E-state index in [2.05, 4.69) is 16.0 Å². The average Bonchev–Trinajstić information content (AvgIpc) is 2.24. The lowest BCUT2D eigenvalue weighted by Crippen LogP contribution is -2.39. The zero-order chi connectivity index (χ0) is 12.4. The Morgan fingerprint density at radius 1 is 1.06 bits per heavy atom. The highest BCUT2D eigenvalue weighted by molar-refractivity contribution is 5.86. The molecule has 7 nitrogen and oxygen atoms in total. The minimum absolute atomic E-state index is 0.196. The second kappa shape index (κ2) is 8.66. The van der Waals surface area contributed by atoms with Crippen LogP contribution < -0.4 is 16.0 Å². The van der Waals surface area contributed by atoms with Crippen LogP contribution in [-0.4, -0.2) is 49.1 Å². The number of rotatable bonds is 8. The lowest BCUT2D eigenvalue weighted by atomic mass is 10.4. The van der Waals surface area contributed by atoms with Crippen LogP contribution in [0.5, 0.6) is 0 Å². The SMILES string of the molecule is CCNCCC(=O)NCC(=O)NCC(=O)O. The maximum atomic E-state index is 11.1. The zero-order valence-electron chi connectivity index (χ0n) is 9.21. The molecule has 0 atom stereocenters. The molecule has 0 aliphatic heterocycles. The van der Waals surface area contributed by atoms with Gasteiger partial charge in [-0.3, -0.25) is 14.4 Å². The summed E-state index contributed by atoms with van der Waals surface area (Å²) >= 11 is 0. The van der Waals surface area contributed by atoms with E-state index in [0.29, 0.717) is 13.0 Å². The number of hydrogen-bond acceptors (Lipinski definition) is 4. The third-order valence-corrected chi connectivity index (χ3v) is 1.66. The number of carbonyl (C=O) groups is 3. The third-order valence-electron chi connectivity index (χ3n) is 1.66. The lowest BCUT2D eigenvalue weighted by Gasteiger charge is -2.05. The largest absolute Gasteiger partial charge is 0.480 e. The van der Waals surface area contributed by atoms with Gasteiger partial charge in [-0.25, -0.2) is 0 Å². The van der Waals surface area contributed by atoms with Crippen LogP contribution in [0.1, 0.15) is 13.3 Å². The molecule has 92 valence electrons. The van der Waals surface area contributed by atoms with Gasteiger partial charge in [0.25, 0.3) is 0 Å². The second-order valence-corrected chi connectivity index (χ2v) is 3.05. The Bertz CT molecular complexity index is 255. The maximum Gasteiger partial charge on any atom is 0.322 e. The van der Waals surface area contributed by atoms with Crippen molar-refractivity contribution >= 4 is 17.8 Å². The summed E-state index contributed by atoms with van der Waals surface area (Å²) in [5.74, 6) is -1.88. The maximum absolute atomic E-state index is 11.1. The number of hydrogen-bond donors (Lipinski definition) is 4. The summed E-state index contributed by atoms with van der Waals surface area (Å²) in [5.41, 5.74) is 0. The second-order valence-electron chi connectivity index (χ2n) is 3.05. The van der Waals surface area contributed by atoms with Gasteiger partial charge in [-0.15, -0.1) is 0 Å². The Morgan fingerprint density at radius 2 is 1.69 bits per heavy atom.